The van der Waals surface area contributed by atoms with Crippen LogP contribution >= 0.6 is 12.6 Å². The zero-order valence-electron chi connectivity index (χ0n) is 18.7. The number of ether oxygens (including phenoxy) is 2. The number of carbonyl (C=O) groups excluding carboxylic acids is 2. The topological polar surface area (TPSA) is 100 Å². The Labute approximate surface area is 190 Å². The molecule has 9 heteroatoms. The molecule has 0 radical (unpaired) electrons. The number of rotatable bonds is 11. The van der Waals surface area contributed by atoms with Crippen molar-refractivity contribution >= 4 is 23.7 Å². The number of nitrogens with zero attached hydrogens (tertiary/aromatic N) is 1. The molecule has 1 aromatic carbocycles. The predicted octanol–water partition coefficient (Wildman–Crippen LogP) is 2.18. The van der Waals surface area contributed by atoms with Gasteiger partial charge in [0, 0.05) is 6.92 Å². The number of hydrazine groups is 1. The maximum Gasteiger partial charge on any atom is 0.217 e. The van der Waals surface area contributed by atoms with Crippen LogP contribution in [0.15, 0.2) is 30.3 Å². The molecule has 1 heterocycles. The number of carbonyl (C=O) groups is 2. The Morgan fingerprint density at radius 3 is 2.52 bits per heavy atom. The summed E-state index contributed by atoms with van der Waals surface area (Å²) in [5, 5.41) is 13.6. The summed E-state index contributed by atoms with van der Waals surface area (Å²) < 4.78 is 12.0. The Balaban J connectivity index is 1.89. The molecule has 1 aliphatic rings. The van der Waals surface area contributed by atoms with E-state index in [0.717, 1.165) is 17.2 Å². The van der Waals surface area contributed by atoms with E-state index in [0.29, 0.717) is 6.42 Å². The lowest BCUT2D eigenvalue weighted by Crippen LogP contribution is -2.57. The van der Waals surface area contributed by atoms with Gasteiger partial charge in [0.25, 0.3) is 0 Å². The molecule has 2 rings (SSSR count). The first-order chi connectivity index (χ1) is 14.7. The van der Waals surface area contributed by atoms with Crippen LogP contribution < -0.4 is 10.7 Å². The minimum absolute atomic E-state index is 0.0328. The highest BCUT2D eigenvalue weighted by Gasteiger charge is 2.41. The predicted molar refractivity (Wildman–Crippen MR) is 120 cm³/mol. The fraction of sp³-hybridized carbons (Fsp3) is 0.636. The zero-order valence-corrected chi connectivity index (χ0v) is 19.5. The van der Waals surface area contributed by atoms with E-state index in [-0.39, 0.29) is 48.2 Å². The van der Waals surface area contributed by atoms with E-state index in [2.05, 4.69) is 44.1 Å². The van der Waals surface area contributed by atoms with Crippen molar-refractivity contribution in [1.82, 2.24) is 15.9 Å². The number of thiol groups is 1. The van der Waals surface area contributed by atoms with Crippen LogP contribution in [0.4, 0.5) is 0 Å². The van der Waals surface area contributed by atoms with Gasteiger partial charge in [0.2, 0.25) is 11.0 Å². The number of amides is 1. The third kappa shape index (κ3) is 7.85. The van der Waals surface area contributed by atoms with E-state index in [9.17, 15) is 14.8 Å². The van der Waals surface area contributed by atoms with Gasteiger partial charge in [-0.25, -0.2) is 5.43 Å². The van der Waals surface area contributed by atoms with Gasteiger partial charge >= 0.3 is 0 Å². The van der Waals surface area contributed by atoms with Crippen molar-refractivity contribution in [1.29, 1.82) is 0 Å². The summed E-state index contributed by atoms with van der Waals surface area (Å²) in [7, 11) is 0. The van der Waals surface area contributed by atoms with Gasteiger partial charge in [0.1, 0.15) is 0 Å². The average molecular weight is 454 g/mol. The smallest absolute Gasteiger partial charge is 0.217 e. The summed E-state index contributed by atoms with van der Waals surface area (Å²) in [5.74, 6) is 0.309. The monoisotopic (exact) mass is 453 g/mol. The van der Waals surface area contributed by atoms with Crippen molar-refractivity contribution in [3.05, 3.63) is 35.9 Å². The molecule has 1 fully saturated rings. The van der Waals surface area contributed by atoms with E-state index < -0.39 is 12.3 Å². The molecule has 0 aliphatic carbocycles. The van der Waals surface area contributed by atoms with Crippen LogP contribution in [0, 0.1) is 11.8 Å². The molecule has 3 N–H and O–H groups in total. The number of hydroxylamine groups is 1. The highest BCUT2D eigenvalue weighted by Crippen LogP contribution is 2.32. The SMILES string of the molecule is CCC1OC(OCCN(O)NC(Cc2ccccc2)C(=O)S)C(NC(C)=O)C(C)C1C. The Bertz CT molecular complexity index is 708. The lowest BCUT2D eigenvalue weighted by atomic mass is 9.81. The molecule has 1 amide bonds. The largest absolute Gasteiger partial charge is 0.349 e. The second-order valence-electron chi connectivity index (χ2n) is 8.10. The van der Waals surface area contributed by atoms with Gasteiger partial charge in [0.15, 0.2) is 6.29 Å². The molecular formula is C22H35N3O5S. The molecule has 1 aromatic rings. The molecule has 8 nitrogen and oxygen atoms in total. The maximum absolute atomic E-state index is 11.9. The summed E-state index contributed by atoms with van der Waals surface area (Å²) in [6.07, 6.45) is 0.660. The fourth-order valence-corrected chi connectivity index (χ4v) is 4.03. The molecule has 31 heavy (non-hydrogen) atoms. The first kappa shape index (κ1) is 25.8. The highest BCUT2D eigenvalue weighted by molar-refractivity contribution is 7.96. The molecule has 0 saturated carbocycles. The zero-order chi connectivity index (χ0) is 23.0. The van der Waals surface area contributed by atoms with E-state index in [1.165, 1.54) is 6.92 Å². The molecule has 1 aliphatic heterocycles. The molecule has 6 unspecified atom stereocenters. The minimum atomic E-state index is -0.681. The van der Waals surface area contributed by atoms with Crippen LogP contribution in [0.1, 0.15) is 39.7 Å². The Morgan fingerprint density at radius 2 is 1.94 bits per heavy atom. The van der Waals surface area contributed by atoms with Gasteiger partial charge in [-0.3, -0.25) is 14.8 Å². The summed E-state index contributed by atoms with van der Waals surface area (Å²) in [5.41, 5.74) is 3.71. The average Bonchev–Trinajstić information content (AvgIpc) is 2.73. The number of nitrogens with one attached hydrogen (secondary N) is 2. The van der Waals surface area contributed by atoms with Gasteiger partial charge in [-0.15, -0.1) is 17.8 Å². The van der Waals surface area contributed by atoms with Gasteiger partial charge in [-0.1, -0.05) is 51.1 Å². The van der Waals surface area contributed by atoms with Gasteiger partial charge < -0.3 is 14.8 Å². The molecular weight excluding hydrogens is 418 g/mol. The van der Waals surface area contributed by atoms with Gasteiger partial charge in [-0.05, 0) is 30.2 Å². The fourth-order valence-electron chi connectivity index (χ4n) is 3.88. The van der Waals surface area contributed by atoms with Crippen LogP contribution in [-0.2, 0) is 25.5 Å². The van der Waals surface area contributed by atoms with Crippen molar-refractivity contribution < 1.29 is 24.3 Å². The van der Waals surface area contributed by atoms with E-state index in [4.69, 9.17) is 9.47 Å². The molecule has 0 aromatic heterocycles. The molecule has 0 spiro atoms. The standard InChI is InChI=1S/C22H35N3O5S/c1-5-19-14(2)15(3)20(23-16(4)26)22(30-19)29-12-11-25(28)24-18(21(27)31)13-17-9-7-6-8-10-17/h6-10,14-15,18-20,22,24,28H,5,11-13H2,1-4H3,(H,23,26)(H,27,31). The second-order valence-corrected chi connectivity index (χ2v) is 8.54. The number of hydrogen-bond donors (Lipinski definition) is 4. The first-order valence-electron chi connectivity index (χ1n) is 10.8. The van der Waals surface area contributed by atoms with Crippen LogP contribution in [-0.4, -0.2) is 59.0 Å². The molecule has 0 bridgehead atoms. The summed E-state index contributed by atoms with van der Waals surface area (Å²) in [4.78, 5) is 23.5. The third-order valence-corrected chi connectivity index (χ3v) is 6.14. The van der Waals surface area contributed by atoms with Crippen molar-refractivity contribution in [2.45, 2.75) is 65.0 Å². The van der Waals surface area contributed by atoms with Crippen molar-refractivity contribution in [2.24, 2.45) is 11.8 Å². The molecule has 174 valence electrons. The number of hydrogen-bond acceptors (Lipinski definition) is 7. The normalized spacial score (nSPS) is 27.1. The van der Waals surface area contributed by atoms with Crippen LogP contribution in [0.2, 0.25) is 0 Å². The summed E-state index contributed by atoms with van der Waals surface area (Å²) in [6.45, 7) is 7.97. The number of benzene rings is 1. The van der Waals surface area contributed by atoms with Crippen molar-refractivity contribution in [3.8, 4) is 0 Å². The Kier molecular flexibility index (Phi) is 10.4. The van der Waals surface area contributed by atoms with Gasteiger partial charge in [-0.2, -0.15) is 0 Å². The molecule has 1 saturated heterocycles. The van der Waals surface area contributed by atoms with E-state index in [1.54, 1.807) is 0 Å². The van der Waals surface area contributed by atoms with E-state index in [1.807, 2.05) is 30.3 Å². The first-order valence-corrected chi connectivity index (χ1v) is 11.2. The minimum Gasteiger partial charge on any atom is -0.349 e. The quantitative estimate of drug-likeness (QED) is 0.301. The van der Waals surface area contributed by atoms with Crippen molar-refractivity contribution in [2.75, 3.05) is 13.2 Å². The second kappa shape index (κ2) is 12.5. The van der Waals surface area contributed by atoms with Crippen LogP contribution in [0.25, 0.3) is 0 Å². The Morgan fingerprint density at radius 1 is 1.26 bits per heavy atom. The highest BCUT2D eigenvalue weighted by atomic mass is 32.1. The van der Waals surface area contributed by atoms with Crippen LogP contribution in [0.3, 0.4) is 0 Å². The molecule has 6 atom stereocenters. The van der Waals surface area contributed by atoms with Crippen molar-refractivity contribution in [3.63, 3.8) is 0 Å². The summed E-state index contributed by atoms with van der Waals surface area (Å²) in [6, 6.07) is 8.54. The maximum atomic E-state index is 11.9. The Hall–Kier alpha value is -1.49. The summed E-state index contributed by atoms with van der Waals surface area (Å²) >= 11 is 3.92. The van der Waals surface area contributed by atoms with Gasteiger partial charge in [0.05, 0.1) is 31.3 Å². The van der Waals surface area contributed by atoms with Crippen LogP contribution in [0.5, 0.6) is 0 Å². The lowest BCUT2D eigenvalue weighted by molar-refractivity contribution is -0.245. The van der Waals surface area contributed by atoms with E-state index >= 15 is 0 Å². The lowest BCUT2D eigenvalue weighted by Gasteiger charge is -2.44. The third-order valence-electron chi connectivity index (χ3n) is 5.83.